The van der Waals surface area contributed by atoms with E-state index in [-0.39, 0.29) is 0 Å². The van der Waals surface area contributed by atoms with Gasteiger partial charge in [-0.3, -0.25) is 4.40 Å². The first kappa shape index (κ1) is 17.4. The first-order valence-corrected chi connectivity index (χ1v) is 9.76. The molecule has 3 aromatic heterocycles. The van der Waals surface area contributed by atoms with Crippen molar-refractivity contribution in [3.8, 4) is 6.07 Å². The normalized spacial score (nSPS) is 14.5. The third kappa shape index (κ3) is 2.85. The highest BCUT2D eigenvalue weighted by atomic mass is 15.3. The average Bonchev–Trinajstić information content (AvgIpc) is 3.12. The van der Waals surface area contributed by atoms with E-state index in [9.17, 15) is 5.26 Å². The maximum atomic E-state index is 9.69. The molecular weight excluding hydrogens is 362 g/mol. The van der Waals surface area contributed by atoms with Crippen LogP contribution in [0.1, 0.15) is 17.0 Å². The number of piperazine rings is 1. The summed E-state index contributed by atoms with van der Waals surface area (Å²) in [5.74, 6) is 2.86. The summed E-state index contributed by atoms with van der Waals surface area (Å²) in [5.41, 5.74) is 4.27. The van der Waals surface area contributed by atoms with Crippen LogP contribution in [0, 0.1) is 25.2 Å². The lowest BCUT2D eigenvalue weighted by molar-refractivity contribution is 0.638. The molecule has 144 valence electrons. The van der Waals surface area contributed by atoms with Crippen molar-refractivity contribution in [3.63, 3.8) is 0 Å². The van der Waals surface area contributed by atoms with Crippen LogP contribution in [0.3, 0.4) is 0 Å². The molecule has 0 bridgehead atoms. The highest BCUT2D eigenvalue weighted by Crippen LogP contribution is 2.29. The zero-order valence-corrected chi connectivity index (χ0v) is 16.5. The number of nitrogens with zero attached hydrogens (tertiary/aromatic N) is 7. The summed E-state index contributed by atoms with van der Waals surface area (Å²) >= 11 is 0. The molecule has 29 heavy (non-hydrogen) atoms. The minimum atomic E-state index is 0.639. The molecule has 0 aliphatic carbocycles. The van der Waals surface area contributed by atoms with Crippen molar-refractivity contribution in [2.45, 2.75) is 13.8 Å². The van der Waals surface area contributed by atoms with Crippen LogP contribution in [0.15, 0.2) is 42.6 Å². The van der Waals surface area contributed by atoms with Crippen LogP contribution >= 0.6 is 0 Å². The van der Waals surface area contributed by atoms with Crippen LogP contribution in [-0.2, 0) is 0 Å². The van der Waals surface area contributed by atoms with Gasteiger partial charge in [0.25, 0.3) is 0 Å². The quantitative estimate of drug-likeness (QED) is 0.530. The maximum absolute atomic E-state index is 9.69. The van der Waals surface area contributed by atoms with Crippen LogP contribution in [0.2, 0.25) is 0 Å². The Labute approximate surface area is 168 Å². The first-order chi connectivity index (χ1) is 14.2. The molecule has 0 spiro atoms. The van der Waals surface area contributed by atoms with Gasteiger partial charge in [0.2, 0.25) is 0 Å². The number of anilines is 2. The summed E-state index contributed by atoms with van der Waals surface area (Å²) in [5, 5.41) is 9.69. The lowest BCUT2D eigenvalue weighted by Crippen LogP contribution is -2.47. The standard InChI is InChI=1S/C22H21N7/c1-15-13-21(28-11-9-27(10-12-28)20-7-8-24-16(2)25-20)29-19-6-4-3-5-18(19)26-22(29)17(15)14-23/h3-8,13H,9-12H2,1-2H3. The van der Waals surface area contributed by atoms with Crippen LogP contribution < -0.4 is 9.80 Å². The Bertz CT molecular complexity index is 1260. The largest absolute Gasteiger partial charge is 0.354 e. The third-order valence-electron chi connectivity index (χ3n) is 5.55. The summed E-state index contributed by atoms with van der Waals surface area (Å²) < 4.78 is 2.13. The zero-order valence-electron chi connectivity index (χ0n) is 16.5. The fourth-order valence-electron chi connectivity index (χ4n) is 4.09. The molecule has 0 unspecified atom stereocenters. The molecule has 1 aliphatic rings. The number of hydrogen-bond acceptors (Lipinski definition) is 6. The molecule has 7 nitrogen and oxygen atoms in total. The smallest absolute Gasteiger partial charge is 0.157 e. The number of fused-ring (bicyclic) bond motifs is 3. The molecule has 1 aliphatic heterocycles. The summed E-state index contributed by atoms with van der Waals surface area (Å²) in [4.78, 5) is 18.2. The van der Waals surface area contributed by atoms with Gasteiger partial charge in [0, 0.05) is 32.4 Å². The summed E-state index contributed by atoms with van der Waals surface area (Å²) in [6.07, 6.45) is 1.81. The Hall–Kier alpha value is -3.66. The molecule has 0 amide bonds. The van der Waals surface area contributed by atoms with E-state index in [2.05, 4.69) is 42.4 Å². The lowest BCUT2D eigenvalue weighted by atomic mass is 10.1. The van der Waals surface area contributed by atoms with E-state index in [0.29, 0.717) is 5.56 Å². The average molecular weight is 383 g/mol. The summed E-state index contributed by atoms with van der Waals surface area (Å²) in [7, 11) is 0. The van der Waals surface area contributed by atoms with Gasteiger partial charge in [0.15, 0.2) is 5.65 Å². The first-order valence-electron chi connectivity index (χ1n) is 9.76. The molecule has 5 rings (SSSR count). The van der Waals surface area contributed by atoms with E-state index >= 15 is 0 Å². The molecular formula is C22H21N7. The predicted octanol–water partition coefficient (Wildman–Crippen LogP) is 3.09. The molecule has 0 atom stereocenters. The molecule has 7 heteroatoms. The second kappa shape index (κ2) is 6.74. The van der Waals surface area contributed by atoms with Crippen molar-refractivity contribution in [1.29, 1.82) is 5.26 Å². The monoisotopic (exact) mass is 383 g/mol. The van der Waals surface area contributed by atoms with Gasteiger partial charge in [-0.1, -0.05) is 12.1 Å². The number of hydrogen-bond donors (Lipinski definition) is 0. The number of para-hydroxylation sites is 2. The van der Waals surface area contributed by atoms with Crippen molar-refractivity contribution < 1.29 is 0 Å². The molecule has 0 radical (unpaired) electrons. The van der Waals surface area contributed by atoms with Crippen molar-refractivity contribution in [3.05, 3.63) is 59.5 Å². The number of benzene rings is 1. The van der Waals surface area contributed by atoms with Gasteiger partial charge >= 0.3 is 0 Å². The van der Waals surface area contributed by atoms with Crippen molar-refractivity contribution in [1.82, 2.24) is 19.4 Å². The second-order valence-corrected chi connectivity index (χ2v) is 7.37. The molecule has 0 saturated carbocycles. The molecule has 4 aromatic rings. The highest BCUT2D eigenvalue weighted by molar-refractivity contribution is 5.85. The van der Waals surface area contributed by atoms with Gasteiger partial charge in [-0.15, -0.1) is 0 Å². The zero-order chi connectivity index (χ0) is 20.0. The van der Waals surface area contributed by atoms with Crippen LogP contribution in [0.25, 0.3) is 16.7 Å². The van der Waals surface area contributed by atoms with E-state index < -0.39 is 0 Å². The molecule has 4 heterocycles. The van der Waals surface area contributed by atoms with Gasteiger partial charge < -0.3 is 9.80 Å². The second-order valence-electron chi connectivity index (χ2n) is 7.37. The number of aryl methyl sites for hydroxylation is 2. The topological polar surface area (TPSA) is 73.4 Å². The molecule has 0 N–H and O–H groups in total. The van der Waals surface area contributed by atoms with Crippen LogP contribution in [0.4, 0.5) is 11.6 Å². The Morgan fingerprint density at radius 1 is 0.966 bits per heavy atom. The predicted molar refractivity (Wildman–Crippen MR) is 113 cm³/mol. The van der Waals surface area contributed by atoms with Crippen molar-refractivity contribution in [2.75, 3.05) is 36.0 Å². The van der Waals surface area contributed by atoms with Crippen LogP contribution in [0.5, 0.6) is 0 Å². The number of nitriles is 1. The SMILES string of the molecule is Cc1nccc(N2CCN(c3cc(C)c(C#N)c4nc5ccccc5n34)CC2)n1. The lowest BCUT2D eigenvalue weighted by Gasteiger charge is -2.37. The maximum Gasteiger partial charge on any atom is 0.157 e. The number of aromatic nitrogens is 4. The van der Waals surface area contributed by atoms with E-state index in [1.54, 1.807) is 0 Å². The van der Waals surface area contributed by atoms with Gasteiger partial charge in [-0.2, -0.15) is 5.26 Å². The number of rotatable bonds is 2. The van der Waals surface area contributed by atoms with E-state index in [0.717, 1.165) is 65.9 Å². The molecule has 1 aromatic carbocycles. The van der Waals surface area contributed by atoms with Gasteiger partial charge in [0.1, 0.15) is 23.5 Å². The fraction of sp³-hybridized carbons (Fsp3) is 0.273. The van der Waals surface area contributed by atoms with Crippen LogP contribution in [-0.4, -0.2) is 45.5 Å². The fourth-order valence-corrected chi connectivity index (χ4v) is 4.09. The molecule has 1 fully saturated rings. The third-order valence-corrected chi connectivity index (χ3v) is 5.55. The Morgan fingerprint density at radius 2 is 1.72 bits per heavy atom. The Balaban J connectivity index is 1.55. The Kier molecular flexibility index (Phi) is 4.06. The van der Waals surface area contributed by atoms with E-state index in [1.807, 2.05) is 44.3 Å². The number of pyridine rings is 1. The van der Waals surface area contributed by atoms with Gasteiger partial charge in [-0.05, 0) is 43.7 Å². The minimum absolute atomic E-state index is 0.639. The van der Waals surface area contributed by atoms with Gasteiger partial charge in [-0.25, -0.2) is 15.0 Å². The highest BCUT2D eigenvalue weighted by Gasteiger charge is 2.23. The summed E-state index contributed by atoms with van der Waals surface area (Å²) in [6, 6.07) is 14.5. The van der Waals surface area contributed by atoms with Crippen molar-refractivity contribution >= 4 is 28.3 Å². The Morgan fingerprint density at radius 3 is 2.48 bits per heavy atom. The molecule has 1 saturated heterocycles. The number of imidazole rings is 1. The summed E-state index contributed by atoms with van der Waals surface area (Å²) in [6.45, 7) is 7.40. The van der Waals surface area contributed by atoms with E-state index in [4.69, 9.17) is 4.98 Å². The minimum Gasteiger partial charge on any atom is -0.354 e. The van der Waals surface area contributed by atoms with Crippen molar-refractivity contribution in [2.24, 2.45) is 0 Å². The van der Waals surface area contributed by atoms with Gasteiger partial charge in [0.05, 0.1) is 16.6 Å². The van der Waals surface area contributed by atoms with E-state index in [1.165, 1.54) is 0 Å².